The van der Waals surface area contributed by atoms with Gasteiger partial charge in [-0.3, -0.25) is 9.69 Å². The summed E-state index contributed by atoms with van der Waals surface area (Å²) in [6.45, 7) is 6.02. The van der Waals surface area contributed by atoms with Crippen LogP contribution in [0, 0.1) is 5.92 Å². The molecule has 36 heavy (non-hydrogen) atoms. The Hall–Kier alpha value is -2.48. The molecule has 6 rings (SSSR count). The lowest BCUT2D eigenvalue weighted by Crippen LogP contribution is -2.42. The van der Waals surface area contributed by atoms with Crippen LogP contribution in [0.25, 0.3) is 11.1 Å². The lowest BCUT2D eigenvalue weighted by molar-refractivity contribution is 0.0140. The van der Waals surface area contributed by atoms with Gasteiger partial charge in [0, 0.05) is 55.6 Å². The van der Waals surface area contributed by atoms with Crippen LogP contribution >= 0.6 is 0 Å². The van der Waals surface area contributed by atoms with Gasteiger partial charge in [-0.1, -0.05) is 24.3 Å². The summed E-state index contributed by atoms with van der Waals surface area (Å²) >= 11 is 0. The van der Waals surface area contributed by atoms with Crippen LogP contribution in [0.4, 0.5) is 5.82 Å². The van der Waals surface area contributed by atoms with Gasteiger partial charge in [-0.2, -0.15) is 0 Å². The Morgan fingerprint density at radius 3 is 2.58 bits per heavy atom. The minimum Gasteiger partial charge on any atom is -0.390 e. The number of carbonyl (C=O) groups is 1. The van der Waals surface area contributed by atoms with Gasteiger partial charge in [0.1, 0.15) is 5.82 Å². The Labute approximate surface area is 213 Å². The summed E-state index contributed by atoms with van der Waals surface area (Å²) in [6.07, 6.45) is 8.26. The zero-order valence-corrected chi connectivity index (χ0v) is 21.2. The van der Waals surface area contributed by atoms with Gasteiger partial charge < -0.3 is 20.9 Å². The molecule has 2 saturated heterocycles. The maximum absolute atomic E-state index is 13.0. The number of nitrogens with two attached hydrogens (primary N) is 1. The highest BCUT2D eigenvalue weighted by molar-refractivity contribution is 5.99. The number of anilines is 1. The van der Waals surface area contributed by atoms with E-state index in [0.717, 1.165) is 62.5 Å². The summed E-state index contributed by atoms with van der Waals surface area (Å²) < 4.78 is 5.56. The quantitative estimate of drug-likeness (QED) is 0.593. The molecule has 2 aliphatic carbocycles. The van der Waals surface area contributed by atoms with E-state index < -0.39 is 5.60 Å². The van der Waals surface area contributed by atoms with Crippen LogP contribution in [-0.4, -0.2) is 64.9 Å². The molecule has 2 aromatic rings. The number of rotatable bonds is 5. The second kappa shape index (κ2) is 9.12. The first-order valence-electron chi connectivity index (χ1n) is 13.5. The monoisotopic (exact) mass is 490 g/mol. The van der Waals surface area contributed by atoms with Crippen molar-refractivity contribution >= 4 is 11.7 Å². The Morgan fingerprint density at radius 2 is 1.86 bits per heavy atom. The first-order chi connectivity index (χ1) is 17.3. The van der Waals surface area contributed by atoms with Crippen LogP contribution < -0.4 is 11.1 Å². The van der Waals surface area contributed by atoms with Crippen LogP contribution in [0.2, 0.25) is 0 Å². The number of aromatic nitrogens is 1. The fraction of sp³-hybridized carbons (Fsp3) is 0.586. The Kier molecular flexibility index (Phi) is 6.05. The molecule has 1 aromatic heterocycles. The maximum Gasteiger partial charge on any atom is 0.255 e. The summed E-state index contributed by atoms with van der Waals surface area (Å²) in [5.74, 6) is 0.821. The average Bonchev–Trinajstić information content (AvgIpc) is 3.46. The Morgan fingerprint density at radius 1 is 1.14 bits per heavy atom. The molecule has 0 spiro atoms. The minimum absolute atomic E-state index is 0.0536. The minimum atomic E-state index is -0.629. The number of fused-ring (bicyclic) bond motifs is 1. The number of piperidine rings is 1. The third-order valence-electron chi connectivity index (χ3n) is 9.23. The van der Waals surface area contributed by atoms with E-state index in [1.165, 1.54) is 18.5 Å². The number of nitrogens with zero attached hydrogens (tertiary/aromatic N) is 2. The van der Waals surface area contributed by atoms with Gasteiger partial charge >= 0.3 is 0 Å². The molecule has 0 unspecified atom stereocenters. The molecule has 2 aliphatic heterocycles. The lowest BCUT2D eigenvalue weighted by Gasteiger charge is -2.33. The van der Waals surface area contributed by atoms with Crippen molar-refractivity contribution in [2.75, 3.05) is 32.0 Å². The zero-order valence-electron chi connectivity index (χ0n) is 21.2. The van der Waals surface area contributed by atoms with E-state index in [0.29, 0.717) is 29.9 Å². The van der Waals surface area contributed by atoms with E-state index in [-0.39, 0.29) is 17.8 Å². The number of nitrogens with one attached hydrogen (secondary N) is 1. The summed E-state index contributed by atoms with van der Waals surface area (Å²) in [5.41, 5.74) is 9.56. The molecular formula is C29H38N4O3. The second-order valence-corrected chi connectivity index (χ2v) is 11.8. The molecule has 7 heteroatoms. The molecule has 1 aromatic carbocycles. The summed E-state index contributed by atoms with van der Waals surface area (Å²) in [5, 5.41) is 13.3. The number of nitrogen functional groups attached to an aromatic ring is 1. The second-order valence-electron chi connectivity index (χ2n) is 11.8. The highest BCUT2D eigenvalue weighted by atomic mass is 16.5. The summed E-state index contributed by atoms with van der Waals surface area (Å²) in [4.78, 5) is 20.0. The van der Waals surface area contributed by atoms with E-state index in [2.05, 4.69) is 39.5 Å². The van der Waals surface area contributed by atoms with Crippen molar-refractivity contribution in [1.82, 2.24) is 15.2 Å². The van der Waals surface area contributed by atoms with Crippen LogP contribution in [0.15, 0.2) is 36.5 Å². The zero-order chi connectivity index (χ0) is 24.9. The molecule has 0 bridgehead atoms. The number of ether oxygens (including phenoxy) is 1. The first-order valence-corrected chi connectivity index (χ1v) is 13.5. The number of pyridine rings is 1. The van der Waals surface area contributed by atoms with Crippen LogP contribution in [0.3, 0.4) is 0 Å². The Bertz CT molecular complexity index is 1120. The van der Waals surface area contributed by atoms with Gasteiger partial charge in [-0.15, -0.1) is 0 Å². The van der Waals surface area contributed by atoms with Crippen LogP contribution in [0.1, 0.15) is 67.8 Å². The average molecular weight is 491 g/mol. The molecular weight excluding hydrogens is 452 g/mol. The highest BCUT2D eigenvalue weighted by Crippen LogP contribution is 2.59. The largest absolute Gasteiger partial charge is 0.390 e. The predicted octanol–water partition coefficient (Wildman–Crippen LogP) is 3.51. The van der Waals surface area contributed by atoms with Crippen molar-refractivity contribution < 1.29 is 14.6 Å². The highest BCUT2D eigenvalue weighted by Gasteiger charge is 2.61. The van der Waals surface area contributed by atoms with Crippen molar-refractivity contribution in [2.45, 2.75) is 75.0 Å². The van der Waals surface area contributed by atoms with Gasteiger partial charge in [-0.25, -0.2) is 4.98 Å². The van der Waals surface area contributed by atoms with Crippen LogP contribution in [0.5, 0.6) is 0 Å². The number of hydrogen-bond donors (Lipinski definition) is 3. The molecule has 7 nitrogen and oxygen atoms in total. The third-order valence-corrected chi connectivity index (χ3v) is 9.23. The number of likely N-dealkylation sites (tertiary alicyclic amines) is 1. The molecule has 4 fully saturated rings. The fourth-order valence-corrected chi connectivity index (χ4v) is 6.75. The molecule has 1 amide bonds. The van der Waals surface area contributed by atoms with Crippen molar-refractivity contribution in [3.8, 4) is 11.1 Å². The van der Waals surface area contributed by atoms with Crippen LogP contribution in [-0.2, 0) is 10.2 Å². The molecule has 3 heterocycles. The van der Waals surface area contributed by atoms with Crippen molar-refractivity contribution in [3.63, 3.8) is 0 Å². The summed E-state index contributed by atoms with van der Waals surface area (Å²) in [7, 11) is 0. The van der Waals surface area contributed by atoms with E-state index in [1.807, 2.05) is 13.0 Å². The number of carbonyl (C=O) groups excluding carboxylic acids is 1. The van der Waals surface area contributed by atoms with Gasteiger partial charge in [0.15, 0.2) is 0 Å². The van der Waals surface area contributed by atoms with Gasteiger partial charge in [-0.05, 0) is 75.0 Å². The standard InChI is InChI=1S/C29H38N4O3/c1-28(35)10-6-23(7-11-28)32-27(34)25-14-20(16-31-26(25)30)19-2-4-21(5-3-19)29-15-22(29)17-33(18-29)24-8-12-36-13-9-24/h2-5,14,16,22-24,35H,6-13,15,17-18H2,1H3,(H2,30,31)(H,32,34)/t22-,23?,28?,29+/m1/s1. The fourth-order valence-electron chi connectivity index (χ4n) is 6.75. The van der Waals surface area contributed by atoms with E-state index >= 15 is 0 Å². The molecule has 2 saturated carbocycles. The SMILES string of the molecule is CC1(O)CCC(NC(=O)c2cc(-c3ccc([C@@]45C[C@@H]4CN(C4CCOCC4)C5)cc3)cnc2N)CC1. The number of amides is 1. The molecule has 192 valence electrons. The van der Waals surface area contributed by atoms with E-state index in [9.17, 15) is 9.90 Å². The van der Waals surface area contributed by atoms with Crippen molar-refractivity contribution in [3.05, 3.63) is 47.7 Å². The van der Waals surface area contributed by atoms with Gasteiger partial charge in [0.2, 0.25) is 0 Å². The van der Waals surface area contributed by atoms with Gasteiger partial charge in [0.05, 0.1) is 11.2 Å². The van der Waals surface area contributed by atoms with E-state index in [4.69, 9.17) is 10.5 Å². The molecule has 4 aliphatic rings. The smallest absolute Gasteiger partial charge is 0.255 e. The molecule has 4 N–H and O–H groups in total. The molecule has 0 radical (unpaired) electrons. The first kappa shape index (κ1) is 23.9. The number of hydrogen-bond acceptors (Lipinski definition) is 6. The predicted molar refractivity (Wildman–Crippen MR) is 140 cm³/mol. The molecule has 2 atom stereocenters. The summed E-state index contributed by atoms with van der Waals surface area (Å²) in [6, 6.07) is 11.4. The van der Waals surface area contributed by atoms with Crippen molar-refractivity contribution in [2.24, 2.45) is 5.92 Å². The van der Waals surface area contributed by atoms with Gasteiger partial charge in [0.25, 0.3) is 5.91 Å². The third kappa shape index (κ3) is 4.53. The topological polar surface area (TPSA) is 101 Å². The normalized spacial score (nSPS) is 32.7. The number of benzene rings is 1. The van der Waals surface area contributed by atoms with E-state index in [1.54, 1.807) is 6.20 Å². The Balaban J connectivity index is 1.14. The number of aliphatic hydroxyl groups is 1. The maximum atomic E-state index is 13.0. The van der Waals surface area contributed by atoms with Crippen molar-refractivity contribution in [1.29, 1.82) is 0 Å². The lowest BCUT2D eigenvalue weighted by atomic mass is 9.83.